The van der Waals surface area contributed by atoms with E-state index < -0.39 is 6.04 Å². The third-order valence-corrected chi connectivity index (χ3v) is 6.51. The molecule has 0 saturated heterocycles. The van der Waals surface area contributed by atoms with Crippen LogP contribution in [0.15, 0.2) is 77.0 Å². The summed E-state index contributed by atoms with van der Waals surface area (Å²) in [5.41, 5.74) is 4.80. The molecular formula is C28H24N4O5. The number of benzene rings is 3. The molecule has 1 unspecified atom stereocenters. The summed E-state index contributed by atoms with van der Waals surface area (Å²) < 4.78 is 22.1. The number of ether oxygens (including phenoxy) is 3. The molecule has 0 bridgehead atoms. The molecule has 1 aromatic heterocycles. The number of carbonyl (C=O) groups excluding carboxylic acids is 1. The fourth-order valence-corrected chi connectivity index (χ4v) is 4.55. The lowest BCUT2D eigenvalue weighted by Gasteiger charge is -2.35. The molecule has 0 aliphatic carbocycles. The number of hydrogen-bond acceptors (Lipinski definition) is 7. The number of amides is 2. The smallest absolute Gasteiger partial charge is 0.327 e. The van der Waals surface area contributed by atoms with Gasteiger partial charge in [-0.15, -0.1) is 0 Å². The number of rotatable bonds is 5. The fourth-order valence-electron chi connectivity index (χ4n) is 4.55. The minimum Gasteiger partial charge on any atom is -0.497 e. The SMILES string of the molecule is COc1ccc(C2NC(=O)N(c3ccc4c(c3)OCO4)C(C)=C2c2nc(-c3ccc(C)cc3)no2)cc1. The van der Waals surface area contributed by atoms with Crippen molar-refractivity contribution < 1.29 is 23.5 Å². The number of fused-ring (bicyclic) bond motifs is 1. The van der Waals surface area contributed by atoms with Crippen LogP contribution >= 0.6 is 0 Å². The number of anilines is 1. The van der Waals surface area contributed by atoms with Gasteiger partial charge in [0, 0.05) is 17.3 Å². The molecule has 9 heteroatoms. The molecule has 6 rings (SSSR count). The van der Waals surface area contributed by atoms with Crippen molar-refractivity contribution in [2.24, 2.45) is 0 Å². The van der Waals surface area contributed by atoms with Gasteiger partial charge in [0.2, 0.25) is 12.6 Å². The molecule has 37 heavy (non-hydrogen) atoms. The van der Waals surface area contributed by atoms with Gasteiger partial charge in [-0.05, 0) is 43.7 Å². The maximum Gasteiger partial charge on any atom is 0.327 e. The Balaban J connectivity index is 1.47. The number of nitrogens with one attached hydrogen (secondary N) is 1. The van der Waals surface area contributed by atoms with Crippen LogP contribution < -0.4 is 24.4 Å². The zero-order valence-corrected chi connectivity index (χ0v) is 20.5. The molecule has 1 N–H and O–H groups in total. The van der Waals surface area contributed by atoms with E-state index >= 15 is 0 Å². The van der Waals surface area contributed by atoms with Crippen molar-refractivity contribution in [3.8, 4) is 28.6 Å². The first-order chi connectivity index (χ1) is 18.0. The quantitative estimate of drug-likeness (QED) is 0.390. The van der Waals surface area contributed by atoms with E-state index in [9.17, 15) is 4.79 Å². The summed E-state index contributed by atoms with van der Waals surface area (Å²) in [6.45, 7) is 4.04. The van der Waals surface area contributed by atoms with Crippen molar-refractivity contribution in [2.45, 2.75) is 19.9 Å². The molecule has 2 amide bonds. The van der Waals surface area contributed by atoms with Crippen LogP contribution in [0.1, 0.15) is 30.0 Å². The molecule has 4 aromatic rings. The predicted octanol–water partition coefficient (Wildman–Crippen LogP) is 5.48. The highest BCUT2D eigenvalue weighted by atomic mass is 16.7. The zero-order valence-electron chi connectivity index (χ0n) is 20.5. The Labute approximate surface area is 213 Å². The van der Waals surface area contributed by atoms with Crippen molar-refractivity contribution in [2.75, 3.05) is 18.8 Å². The molecule has 0 radical (unpaired) electrons. The van der Waals surface area contributed by atoms with E-state index in [1.165, 1.54) is 0 Å². The Bertz CT molecular complexity index is 1510. The molecule has 0 fully saturated rings. The van der Waals surface area contributed by atoms with Crippen molar-refractivity contribution in [1.29, 1.82) is 0 Å². The number of nitrogens with zero attached hydrogens (tertiary/aromatic N) is 3. The molecule has 0 saturated carbocycles. The molecule has 2 aliphatic heterocycles. The summed E-state index contributed by atoms with van der Waals surface area (Å²) in [7, 11) is 1.61. The van der Waals surface area contributed by atoms with E-state index in [0.717, 1.165) is 22.4 Å². The van der Waals surface area contributed by atoms with Crippen molar-refractivity contribution in [1.82, 2.24) is 15.5 Å². The average molecular weight is 497 g/mol. The average Bonchev–Trinajstić information content (AvgIpc) is 3.59. The van der Waals surface area contributed by atoms with E-state index in [1.54, 1.807) is 24.1 Å². The normalized spacial score (nSPS) is 16.7. The second-order valence-electron chi connectivity index (χ2n) is 8.82. The molecular weight excluding hydrogens is 472 g/mol. The first-order valence-electron chi connectivity index (χ1n) is 11.8. The first kappa shape index (κ1) is 22.7. The van der Waals surface area contributed by atoms with Gasteiger partial charge in [0.1, 0.15) is 5.75 Å². The van der Waals surface area contributed by atoms with Crippen LogP contribution in [-0.2, 0) is 0 Å². The van der Waals surface area contributed by atoms with Gasteiger partial charge in [-0.25, -0.2) is 4.79 Å². The highest BCUT2D eigenvalue weighted by molar-refractivity contribution is 6.01. The van der Waals surface area contributed by atoms with Crippen LogP contribution in [0.3, 0.4) is 0 Å². The maximum atomic E-state index is 13.5. The number of aryl methyl sites for hydroxylation is 1. The van der Waals surface area contributed by atoms with Gasteiger partial charge in [-0.2, -0.15) is 4.98 Å². The standard InChI is InChI=1S/C28H24N4O5/c1-16-4-6-19(7-5-16)26-30-27(37-31-26)24-17(2)32(20-10-13-22-23(14-20)36-15-35-22)28(33)29-25(24)18-8-11-21(34-3)12-9-18/h4-14,25H,15H2,1-3H3,(H,29,33). The molecule has 3 heterocycles. The largest absolute Gasteiger partial charge is 0.497 e. The molecule has 0 spiro atoms. The molecule has 186 valence electrons. The second-order valence-corrected chi connectivity index (χ2v) is 8.82. The number of urea groups is 1. The second kappa shape index (κ2) is 9.02. The van der Waals surface area contributed by atoms with Crippen molar-refractivity contribution in [3.63, 3.8) is 0 Å². The number of allylic oxidation sites excluding steroid dienone is 1. The Morgan fingerprint density at radius 1 is 0.973 bits per heavy atom. The van der Waals surface area contributed by atoms with Crippen LogP contribution in [0.25, 0.3) is 17.0 Å². The highest BCUT2D eigenvalue weighted by Gasteiger charge is 2.37. The number of hydrogen-bond donors (Lipinski definition) is 1. The van der Waals surface area contributed by atoms with Crippen LogP contribution in [0.2, 0.25) is 0 Å². The fraction of sp³-hybridized carbons (Fsp3) is 0.179. The molecule has 2 aliphatic rings. The van der Waals surface area contributed by atoms with Gasteiger partial charge in [-0.1, -0.05) is 47.1 Å². The predicted molar refractivity (Wildman–Crippen MR) is 136 cm³/mol. The van der Waals surface area contributed by atoms with Gasteiger partial charge in [0.05, 0.1) is 24.4 Å². The molecule has 3 aromatic carbocycles. The first-order valence-corrected chi connectivity index (χ1v) is 11.8. The van der Waals surface area contributed by atoms with E-state index in [4.69, 9.17) is 23.7 Å². The highest BCUT2D eigenvalue weighted by Crippen LogP contribution is 2.42. The number of aromatic nitrogens is 2. The maximum absolute atomic E-state index is 13.5. The third kappa shape index (κ3) is 4.04. The topological polar surface area (TPSA) is 99.0 Å². The minimum absolute atomic E-state index is 0.147. The van der Waals surface area contributed by atoms with Crippen LogP contribution in [0.4, 0.5) is 10.5 Å². The van der Waals surface area contributed by atoms with E-state index in [0.29, 0.717) is 40.2 Å². The lowest BCUT2D eigenvalue weighted by molar-refractivity contribution is 0.174. The Kier molecular flexibility index (Phi) is 5.52. The van der Waals surface area contributed by atoms with Crippen LogP contribution in [0.5, 0.6) is 17.2 Å². The van der Waals surface area contributed by atoms with Gasteiger partial charge in [0.15, 0.2) is 11.5 Å². The summed E-state index contributed by atoms with van der Waals surface area (Å²) in [5.74, 6) is 2.72. The van der Waals surface area contributed by atoms with E-state index in [-0.39, 0.29) is 12.8 Å². The molecule has 1 atom stereocenters. The Morgan fingerprint density at radius 3 is 2.49 bits per heavy atom. The summed E-state index contributed by atoms with van der Waals surface area (Å²) >= 11 is 0. The monoisotopic (exact) mass is 496 g/mol. The number of carbonyl (C=O) groups is 1. The van der Waals surface area contributed by atoms with E-state index in [2.05, 4.69) is 10.5 Å². The van der Waals surface area contributed by atoms with Gasteiger partial charge in [0.25, 0.3) is 5.89 Å². The third-order valence-electron chi connectivity index (χ3n) is 6.51. The summed E-state index contributed by atoms with van der Waals surface area (Å²) in [6.07, 6.45) is 0. The van der Waals surface area contributed by atoms with Crippen molar-refractivity contribution in [3.05, 3.63) is 89.4 Å². The van der Waals surface area contributed by atoms with Crippen LogP contribution in [-0.4, -0.2) is 30.1 Å². The van der Waals surface area contributed by atoms with Crippen LogP contribution in [0, 0.1) is 6.92 Å². The molecule has 9 nitrogen and oxygen atoms in total. The van der Waals surface area contributed by atoms with Gasteiger partial charge < -0.3 is 24.1 Å². The van der Waals surface area contributed by atoms with Gasteiger partial charge >= 0.3 is 6.03 Å². The summed E-state index contributed by atoms with van der Waals surface area (Å²) in [6, 6.07) is 20.0. The lowest BCUT2D eigenvalue weighted by Crippen LogP contribution is -2.46. The van der Waals surface area contributed by atoms with Gasteiger partial charge in [-0.3, -0.25) is 4.90 Å². The summed E-state index contributed by atoms with van der Waals surface area (Å²) in [4.78, 5) is 19.8. The Hall–Kier alpha value is -4.79. The summed E-state index contributed by atoms with van der Waals surface area (Å²) in [5, 5.41) is 7.35. The van der Waals surface area contributed by atoms with E-state index in [1.807, 2.05) is 68.4 Å². The lowest BCUT2D eigenvalue weighted by atomic mass is 9.94. The number of methoxy groups -OCH3 is 1. The van der Waals surface area contributed by atoms with Crippen molar-refractivity contribution >= 4 is 17.3 Å². The minimum atomic E-state index is -0.519. The zero-order chi connectivity index (χ0) is 25.5. The Morgan fingerprint density at radius 2 is 1.73 bits per heavy atom.